The number of fused-ring (bicyclic) bond motifs is 22. The number of anilines is 6. The van der Waals surface area contributed by atoms with Crippen LogP contribution in [-0.2, 0) is 16.2 Å². The molecule has 0 N–H and O–H groups in total. The van der Waals surface area contributed by atoms with Gasteiger partial charge >= 0.3 is 0 Å². The molecular formula is C103H70N2O2. The first-order chi connectivity index (χ1) is 52.6. The zero-order valence-electron chi connectivity index (χ0n) is 59.7. The summed E-state index contributed by atoms with van der Waals surface area (Å²) >= 11 is 0. The van der Waals surface area contributed by atoms with Crippen molar-refractivity contribution in [1.82, 2.24) is 0 Å². The van der Waals surface area contributed by atoms with Gasteiger partial charge in [0.05, 0.1) is 11.1 Å². The third-order valence-electron chi connectivity index (χ3n) is 24.3. The third-order valence-corrected chi connectivity index (χ3v) is 24.3. The molecular weight excluding hydrogens is 1300 g/mol. The second kappa shape index (κ2) is 22.9. The van der Waals surface area contributed by atoms with Crippen LogP contribution < -0.4 is 9.80 Å². The van der Waals surface area contributed by atoms with Crippen molar-refractivity contribution in [2.24, 2.45) is 0 Å². The van der Waals surface area contributed by atoms with Crippen LogP contribution in [0.2, 0.25) is 0 Å². The molecule has 107 heavy (non-hydrogen) atoms. The Morgan fingerprint density at radius 2 is 0.542 bits per heavy atom. The number of nitrogens with zero attached hydrogens (tertiary/aromatic N) is 2. The Morgan fingerprint density at radius 3 is 1.07 bits per heavy atom. The van der Waals surface area contributed by atoms with Gasteiger partial charge in [-0.2, -0.15) is 0 Å². The lowest BCUT2D eigenvalue weighted by molar-refractivity contribution is 0.660. The van der Waals surface area contributed by atoms with E-state index in [0.717, 1.165) is 117 Å². The van der Waals surface area contributed by atoms with E-state index in [4.69, 9.17) is 8.83 Å². The summed E-state index contributed by atoms with van der Waals surface area (Å²) in [4.78, 5) is 4.97. The first-order valence-electron chi connectivity index (χ1n) is 37.4. The summed E-state index contributed by atoms with van der Waals surface area (Å²) < 4.78 is 13.2. The van der Waals surface area contributed by atoms with Crippen LogP contribution in [0.25, 0.3) is 133 Å². The highest BCUT2D eigenvalue weighted by molar-refractivity contribution is 6.11. The van der Waals surface area contributed by atoms with Crippen molar-refractivity contribution in [2.45, 2.75) is 43.9 Å². The minimum absolute atomic E-state index is 0.218. The van der Waals surface area contributed by atoms with Crippen molar-refractivity contribution in [3.63, 3.8) is 0 Å². The van der Waals surface area contributed by atoms with Gasteiger partial charge in [-0.15, -0.1) is 0 Å². The third kappa shape index (κ3) is 8.85. The zero-order valence-corrected chi connectivity index (χ0v) is 59.7. The molecule has 0 fully saturated rings. The number of rotatable bonds is 10. The van der Waals surface area contributed by atoms with E-state index in [2.05, 4.69) is 377 Å². The van der Waals surface area contributed by atoms with Gasteiger partial charge in [-0.05, 0) is 208 Å². The van der Waals surface area contributed by atoms with Gasteiger partial charge < -0.3 is 18.6 Å². The number of hydrogen-bond acceptors (Lipinski definition) is 4. The topological polar surface area (TPSA) is 32.8 Å². The van der Waals surface area contributed by atoms with Gasteiger partial charge in [-0.25, -0.2) is 0 Å². The van der Waals surface area contributed by atoms with Crippen molar-refractivity contribution in [1.29, 1.82) is 0 Å². The molecule has 22 rings (SSSR count). The molecule has 0 aliphatic heterocycles. The molecule has 1 spiro atoms. The average Bonchev–Trinajstić information content (AvgIpc) is 1.51. The second-order valence-electron chi connectivity index (χ2n) is 30.6. The van der Waals surface area contributed by atoms with Crippen LogP contribution in [-0.4, -0.2) is 0 Å². The minimum Gasteiger partial charge on any atom is -0.455 e. The summed E-state index contributed by atoms with van der Waals surface area (Å²) in [6.45, 7) is 9.60. The summed E-state index contributed by atoms with van der Waals surface area (Å²) in [5.41, 5.74) is 38.8. The van der Waals surface area contributed by atoms with Crippen LogP contribution >= 0.6 is 0 Å². The van der Waals surface area contributed by atoms with Gasteiger partial charge in [-0.1, -0.05) is 289 Å². The van der Waals surface area contributed by atoms with E-state index in [0.29, 0.717) is 0 Å². The fourth-order valence-electron chi connectivity index (χ4n) is 19.3. The summed E-state index contributed by atoms with van der Waals surface area (Å²) in [6, 6.07) is 131. The minimum atomic E-state index is -0.516. The number of furan rings is 2. The maximum atomic E-state index is 6.59. The Morgan fingerprint density at radius 1 is 0.206 bits per heavy atom. The quantitative estimate of drug-likeness (QED) is 0.137. The lowest BCUT2D eigenvalue weighted by Gasteiger charge is -2.33. The Labute approximate surface area is 622 Å². The molecule has 0 unspecified atom stereocenters. The smallest absolute Gasteiger partial charge is 0.143 e. The number of benzene rings is 16. The lowest BCUT2D eigenvalue weighted by Crippen LogP contribution is -2.26. The van der Waals surface area contributed by atoms with Crippen LogP contribution in [0.1, 0.15) is 72.2 Å². The molecule has 0 bridgehead atoms. The molecule has 0 atom stereocenters. The lowest BCUT2D eigenvalue weighted by atomic mass is 9.70. The maximum absolute atomic E-state index is 6.59. The number of hydrogen-bond donors (Lipinski definition) is 0. The van der Waals surface area contributed by atoms with Crippen LogP contribution in [0.4, 0.5) is 34.1 Å². The standard InChI is InChI=1S/C103H70N2O2/c1-101(2)88-34-14-8-24-75(88)80-55-51-71(61-93(80)101)105(72-52-56-82-78-27-11-17-37-91(78)103(95(82)62-72)89-35-15-9-25-76(89)77-26-10-16-36-90(77)103)96-57-45-66(58-87(96)63-22-6-5-7-23-63)67-44-53-79-81-54-50-70(60-94(81)102(3,4)92(79)59-67)104(68-46-40-64(41-47-68)73-30-20-32-85-83-28-12-18-38-97(83)106-99(73)85)69-48-42-65(43-49-69)74-31-21-33-86-84-29-13-19-39-98(84)107-100(74)86/h5-62H,1-4H3. The highest BCUT2D eigenvalue weighted by Gasteiger charge is 2.52. The summed E-state index contributed by atoms with van der Waals surface area (Å²) in [7, 11) is 0. The average molecular weight is 1370 g/mol. The SMILES string of the molecule is CC1(C)c2cc(-c3ccc(N(c4ccc5c(c4)C(C)(C)c4ccccc4-5)c4ccc5c(c4)C4(c6ccccc6-c6ccccc64)c4ccccc4-5)c(-c4ccccc4)c3)ccc2-c2ccc(N(c3ccc(-c4cccc5c4oc4ccccc45)cc3)c3ccc(-c4cccc5c4oc4ccccc45)cc3)cc21. The summed E-state index contributed by atoms with van der Waals surface area (Å²) in [6.07, 6.45) is 0. The van der Waals surface area contributed by atoms with E-state index in [-0.39, 0.29) is 10.8 Å². The molecule has 2 aromatic heterocycles. The van der Waals surface area contributed by atoms with E-state index in [1.54, 1.807) is 0 Å². The normalized spacial score (nSPS) is 14.0. The van der Waals surface area contributed by atoms with Gasteiger partial charge in [0, 0.05) is 77.5 Å². The van der Waals surface area contributed by atoms with Crippen molar-refractivity contribution >= 4 is 78.0 Å². The molecule has 4 heteroatoms. The van der Waals surface area contributed by atoms with E-state index < -0.39 is 5.41 Å². The Kier molecular flexibility index (Phi) is 13.1. The molecule has 2 heterocycles. The fraction of sp³-hybridized carbons (Fsp3) is 0.0680. The van der Waals surface area contributed by atoms with E-state index >= 15 is 0 Å². The van der Waals surface area contributed by atoms with Crippen molar-refractivity contribution in [3.05, 3.63) is 396 Å². The Balaban J connectivity index is 0.667. The van der Waals surface area contributed by atoms with Crippen molar-refractivity contribution < 1.29 is 8.83 Å². The monoisotopic (exact) mass is 1370 g/mol. The highest BCUT2D eigenvalue weighted by Crippen LogP contribution is 2.64. The first-order valence-corrected chi connectivity index (χ1v) is 37.4. The molecule has 0 saturated heterocycles. The second-order valence-corrected chi connectivity index (χ2v) is 30.6. The Bertz CT molecular complexity index is 6540. The van der Waals surface area contributed by atoms with Gasteiger partial charge in [0.15, 0.2) is 0 Å². The molecule has 504 valence electrons. The molecule has 16 aromatic carbocycles. The molecule has 4 aliphatic rings. The molecule has 0 amide bonds. The molecule has 0 radical (unpaired) electrons. The van der Waals surface area contributed by atoms with Gasteiger partial charge in [0.1, 0.15) is 22.3 Å². The molecule has 4 aliphatic carbocycles. The molecule has 18 aromatic rings. The molecule has 0 saturated carbocycles. The highest BCUT2D eigenvalue weighted by atomic mass is 16.3. The fourth-order valence-corrected chi connectivity index (χ4v) is 19.3. The maximum Gasteiger partial charge on any atom is 0.143 e. The van der Waals surface area contributed by atoms with Crippen molar-refractivity contribution in [3.8, 4) is 89.0 Å². The van der Waals surface area contributed by atoms with E-state index in [9.17, 15) is 0 Å². The van der Waals surface area contributed by atoms with Gasteiger partial charge in [0.2, 0.25) is 0 Å². The van der Waals surface area contributed by atoms with Crippen LogP contribution in [0, 0.1) is 0 Å². The van der Waals surface area contributed by atoms with E-state index in [1.807, 2.05) is 12.1 Å². The Hall–Kier alpha value is -13.3. The van der Waals surface area contributed by atoms with Crippen LogP contribution in [0.5, 0.6) is 0 Å². The summed E-state index contributed by atoms with van der Waals surface area (Å²) in [5, 5.41) is 4.47. The zero-order chi connectivity index (χ0) is 71.0. The number of para-hydroxylation sites is 4. The first kappa shape index (κ1) is 61.2. The molecule has 4 nitrogen and oxygen atoms in total. The largest absolute Gasteiger partial charge is 0.455 e. The van der Waals surface area contributed by atoms with Crippen LogP contribution in [0.3, 0.4) is 0 Å². The van der Waals surface area contributed by atoms with Crippen LogP contribution in [0.15, 0.2) is 361 Å². The predicted molar refractivity (Wildman–Crippen MR) is 444 cm³/mol. The summed E-state index contributed by atoms with van der Waals surface area (Å²) in [5.74, 6) is 0. The van der Waals surface area contributed by atoms with Crippen molar-refractivity contribution in [2.75, 3.05) is 9.80 Å². The predicted octanol–water partition coefficient (Wildman–Crippen LogP) is 28.0. The van der Waals surface area contributed by atoms with Gasteiger partial charge in [0.25, 0.3) is 0 Å². The van der Waals surface area contributed by atoms with Gasteiger partial charge in [-0.3, -0.25) is 0 Å². The van der Waals surface area contributed by atoms with E-state index in [1.165, 1.54) is 94.6 Å².